The standard InChI is InChI=1S/C26H34N6O10/c27-15(5-9-21(34)35)23(38)30-17(7-10-22(36)37)24(39)32-19(11-13-12-29-16-4-2-1-3-14(13)16)25(40)31-18(26(41)42)6-8-20(28)33/h1-4,12,15,17-19,29H,5-11,27H2,(H2,28,33)(H,30,38)(H,31,40)(H,32,39)(H,34,35)(H,36,37)(H,41,42). The van der Waals surface area contributed by atoms with Crippen molar-refractivity contribution in [2.75, 3.05) is 0 Å². The van der Waals surface area contributed by atoms with Gasteiger partial charge in [0, 0.05) is 42.8 Å². The number of hydrogen-bond donors (Lipinski definition) is 9. The van der Waals surface area contributed by atoms with Crippen LogP contribution >= 0.6 is 0 Å². The number of benzene rings is 1. The molecule has 228 valence electrons. The average Bonchev–Trinajstić information content (AvgIpc) is 3.33. The minimum Gasteiger partial charge on any atom is -0.481 e. The van der Waals surface area contributed by atoms with Crippen LogP contribution in [0.5, 0.6) is 0 Å². The molecule has 2 rings (SSSR count). The fraction of sp³-hybridized carbons (Fsp3) is 0.423. The number of carboxylic acid groups (broad SMARTS) is 3. The molecule has 0 saturated heterocycles. The first-order chi connectivity index (χ1) is 19.8. The second-order valence-corrected chi connectivity index (χ2v) is 9.56. The van der Waals surface area contributed by atoms with Gasteiger partial charge in [0.1, 0.15) is 18.1 Å². The summed E-state index contributed by atoms with van der Waals surface area (Å²) < 4.78 is 0. The Morgan fingerprint density at radius 3 is 1.90 bits per heavy atom. The fourth-order valence-electron chi connectivity index (χ4n) is 4.04. The van der Waals surface area contributed by atoms with Crippen molar-refractivity contribution >= 4 is 52.4 Å². The number of aliphatic carboxylic acids is 3. The van der Waals surface area contributed by atoms with Crippen LogP contribution in [-0.4, -0.2) is 86.0 Å². The van der Waals surface area contributed by atoms with Gasteiger partial charge in [0.15, 0.2) is 0 Å². The number of aromatic amines is 1. The fourth-order valence-corrected chi connectivity index (χ4v) is 4.04. The van der Waals surface area contributed by atoms with Crippen LogP contribution in [0.25, 0.3) is 10.9 Å². The van der Waals surface area contributed by atoms with E-state index in [0.29, 0.717) is 10.9 Å². The Labute approximate surface area is 239 Å². The van der Waals surface area contributed by atoms with E-state index in [9.17, 15) is 38.7 Å². The van der Waals surface area contributed by atoms with Gasteiger partial charge in [-0.25, -0.2) is 4.79 Å². The predicted octanol–water partition coefficient (Wildman–Crippen LogP) is -1.43. The van der Waals surface area contributed by atoms with E-state index in [1.54, 1.807) is 30.5 Å². The quantitative estimate of drug-likeness (QED) is 0.0970. The molecule has 0 fully saturated rings. The zero-order valence-electron chi connectivity index (χ0n) is 22.5. The van der Waals surface area contributed by atoms with E-state index < -0.39 is 85.0 Å². The molecule has 4 atom stereocenters. The van der Waals surface area contributed by atoms with Gasteiger partial charge >= 0.3 is 17.9 Å². The van der Waals surface area contributed by atoms with E-state index in [2.05, 4.69) is 20.9 Å². The number of nitrogens with one attached hydrogen (secondary N) is 4. The Balaban J connectivity index is 2.32. The number of primary amides is 1. The molecule has 2 aromatic rings. The van der Waals surface area contributed by atoms with Crippen LogP contribution in [0.3, 0.4) is 0 Å². The molecule has 11 N–H and O–H groups in total. The minimum atomic E-state index is -1.51. The molecule has 0 aliphatic heterocycles. The van der Waals surface area contributed by atoms with Crippen molar-refractivity contribution in [2.45, 2.75) is 69.1 Å². The van der Waals surface area contributed by atoms with Gasteiger partial charge in [-0.15, -0.1) is 0 Å². The third-order valence-corrected chi connectivity index (χ3v) is 6.31. The number of hydrogen-bond acceptors (Lipinski definition) is 8. The Morgan fingerprint density at radius 2 is 1.29 bits per heavy atom. The van der Waals surface area contributed by atoms with Gasteiger partial charge in [-0.2, -0.15) is 0 Å². The van der Waals surface area contributed by atoms with Crippen molar-refractivity contribution in [2.24, 2.45) is 11.5 Å². The first-order valence-corrected chi connectivity index (χ1v) is 12.9. The summed E-state index contributed by atoms with van der Waals surface area (Å²) in [7, 11) is 0. The molecule has 1 aromatic heterocycles. The number of fused-ring (bicyclic) bond motifs is 1. The monoisotopic (exact) mass is 590 g/mol. The maximum atomic E-state index is 13.3. The zero-order chi connectivity index (χ0) is 31.4. The molecule has 4 unspecified atom stereocenters. The Kier molecular flexibility index (Phi) is 12.4. The van der Waals surface area contributed by atoms with E-state index in [1.165, 1.54) is 0 Å². The van der Waals surface area contributed by atoms with E-state index in [1.807, 2.05) is 0 Å². The number of para-hydroxylation sites is 1. The summed E-state index contributed by atoms with van der Waals surface area (Å²) in [5.41, 5.74) is 12.1. The lowest BCUT2D eigenvalue weighted by Gasteiger charge is -2.25. The maximum absolute atomic E-state index is 13.3. The molecule has 1 heterocycles. The molecular weight excluding hydrogens is 556 g/mol. The first-order valence-electron chi connectivity index (χ1n) is 12.9. The van der Waals surface area contributed by atoms with Crippen LogP contribution in [0.4, 0.5) is 0 Å². The average molecular weight is 591 g/mol. The summed E-state index contributed by atoms with van der Waals surface area (Å²) in [4.78, 5) is 87.0. The van der Waals surface area contributed by atoms with E-state index in [0.717, 1.165) is 5.52 Å². The highest BCUT2D eigenvalue weighted by molar-refractivity contribution is 5.95. The summed E-state index contributed by atoms with van der Waals surface area (Å²) in [6.45, 7) is 0. The highest BCUT2D eigenvalue weighted by Gasteiger charge is 2.31. The number of carbonyl (C=O) groups excluding carboxylic acids is 4. The largest absolute Gasteiger partial charge is 0.481 e. The summed E-state index contributed by atoms with van der Waals surface area (Å²) in [6.07, 6.45) is -0.786. The van der Waals surface area contributed by atoms with Crippen molar-refractivity contribution in [3.63, 3.8) is 0 Å². The van der Waals surface area contributed by atoms with Crippen LogP contribution in [-0.2, 0) is 40.0 Å². The highest BCUT2D eigenvalue weighted by atomic mass is 16.4. The van der Waals surface area contributed by atoms with Crippen LogP contribution < -0.4 is 27.4 Å². The number of amides is 4. The minimum absolute atomic E-state index is 0.137. The zero-order valence-corrected chi connectivity index (χ0v) is 22.5. The molecule has 16 heteroatoms. The molecule has 0 spiro atoms. The maximum Gasteiger partial charge on any atom is 0.326 e. The summed E-state index contributed by atoms with van der Waals surface area (Å²) in [5.74, 6) is -7.48. The predicted molar refractivity (Wildman–Crippen MR) is 146 cm³/mol. The number of H-pyrrole nitrogens is 1. The van der Waals surface area contributed by atoms with Crippen molar-refractivity contribution in [1.82, 2.24) is 20.9 Å². The van der Waals surface area contributed by atoms with Gasteiger partial charge in [0.2, 0.25) is 23.6 Å². The van der Waals surface area contributed by atoms with Crippen molar-refractivity contribution in [3.8, 4) is 0 Å². The highest BCUT2D eigenvalue weighted by Crippen LogP contribution is 2.19. The molecule has 0 radical (unpaired) electrons. The molecule has 0 aliphatic rings. The van der Waals surface area contributed by atoms with Crippen molar-refractivity contribution in [1.29, 1.82) is 0 Å². The van der Waals surface area contributed by atoms with Crippen molar-refractivity contribution in [3.05, 3.63) is 36.0 Å². The first kappa shape index (κ1) is 33.2. The molecule has 0 saturated carbocycles. The SMILES string of the molecule is NC(=O)CCC(NC(=O)C(Cc1c[nH]c2ccccc12)NC(=O)C(CCC(=O)O)NC(=O)C(N)CCC(=O)O)C(=O)O. The topological polar surface area (TPSA) is 284 Å². The number of carbonyl (C=O) groups is 7. The van der Waals surface area contributed by atoms with Crippen LogP contribution in [0.15, 0.2) is 30.5 Å². The smallest absolute Gasteiger partial charge is 0.326 e. The van der Waals surface area contributed by atoms with Crippen LogP contribution in [0.2, 0.25) is 0 Å². The summed E-state index contributed by atoms with van der Waals surface area (Å²) in [5, 5.41) is 35.2. The van der Waals surface area contributed by atoms with E-state index >= 15 is 0 Å². The number of rotatable bonds is 18. The molecule has 1 aromatic carbocycles. The number of aromatic nitrogens is 1. The van der Waals surface area contributed by atoms with E-state index in [4.69, 9.17) is 21.7 Å². The van der Waals surface area contributed by atoms with E-state index in [-0.39, 0.29) is 25.7 Å². The summed E-state index contributed by atoms with van der Waals surface area (Å²) in [6, 6.07) is 1.37. The third-order valence-electron chi connectivity index (χ3n) is 6.31. The Hall–Kier alpha value is -4.99. The van der Waals surface area contributed by atoms with Crippen LogP contribution in [0.1, 0.15) is 44.1 Å². The number of nitrogens with two attached hydrogens (primary N) is 2. The van der Waals surface area contributed by atoms with Gasteiger partial charge in [-0.05, 0) is 30.9 Å². The second kappa shape index (κ2) is 15.7. The molecule has 4 amide bonds. The number of carboxylic acids is 3. The van der Waals surface area contributed by atoms with Gasteiger partial charge in [0.05, 0.1) is 6.04 Å². The molecule has 0 bridgehead atoms. The van der Waals surface area contributed by atoms with Crippen LogP contribution in [0, 0.1) is 0 Å². The molecule has 16 nitrogen and oxygen atoms in total. The molecule has 0 aliphatic carbocycles. The van der Waals surface area contributed by atoms with Gasteiger partial charge in [0.25, 0.3) is 0 Å². The second-order valence-electron chi connectivity index (χ2n) is 9.56. The third kappa shape index (κ3) is 10.5. The lowest BCUT2D eigenvalue weighted by atomic mass is 10.0. The van der Waals surface area contributed by atoms with Gasteiger partial charge in [-0.1, -0.05) is 18.2 Å². The molecular formula is C26H34N6O10. The van der Waals surface area contributed by atoms with Crippen molar-refractivity contribution < 1.29 is 48.9 Å². The summed E-state index contributed by atoms with van der Waals surface area (Å²) >= 11 is 0. The lowest BCUT2D eigenvalue weighted by molar-refractivity contribution is -0.142. The Bertz CT molecular complexity index is 1330. The molecule has 42 heavy (non-hydrogen) atoms. The normalized spacial score (nSPS) is 13.7. The van der Waals surface area contributed by atoms with Gasteiger partial charge in [-0.3, -0.25) is 28.8 Å². The Morgan fingerprint density at radius 1 is 0.738 bits per heavy atom. The lowest BCUT2D eigenvalue weighted by Crippen LogP contribution is -2.57. The van der Waals surface area contributed by atoms with Gasteiger partial charge < -0.3 is 47.7 Å².